The number of nitrogens with one attached hydrogen (secondary N) is 1. The third-order valence-electron chi connectivity index (χ3n) is 4.13. The van der Waals surface area contributed by atoms with Crippen LogP contribution in [0.25, 0.3) is 10.9 Å². The zero-order chi connectivity index (χ0) is 19.7. The van der Waals surface area contributed by atoms with Gasteiger partial charge in [0.1, 0.15) is 5.69 Å². The van der Waals surface area contributed by atoms with Gasteiger partial charge in [0.25, 0.3) is 5.91 Å². The third kappa shape index (κ3) is 4.38. The first-order valence-electron chi connectivity index (χ1n) is 8.65. The number of aromatic nitrogens is 4. The lowest BCUT2D eigenvalue weighted by atomic mass is 10.2. The molecule has 3 aromatic heterocycles. The molecule has 10 heteroatoms. The van der Waals surface area contributed by atoms with E-state index in [0.29, 0.717) is 23.1 Å². The third-order valence-corrected chi connectivity index (χ3v) is 4.13. The van der Waals surface area contributed by atoms with Gasteiger partial charge in [-0.05, 0) is 24.5 Å². The van der Waals surface area contributed by atoms with Gasteiger partial charge in [-0.2, -0.15) is 18.3 Å². The van der Waals surface area contributed by atoms with E-state index in [1.54, 1.807) is 23.0 Å². The minimum Gasteiger partial charge on any atom is -0.468 e. The Kier molecular flexibility index (Phi) is 4.62. The second-order valence-corrected chi connectivity index (χ2v) is 6.58. The Labute approximate surface area is 157 Å². The summed E-state index contributed by atoms with van der Waals surface area (Å²) in [5, 5.41) is 7.97. The van der Waals surface area contributed by atoms with Crippen LogP contribution in [0, 0.1) is 0 Å². The number of fused-ring (bicyclic) bond motifs is 1. The van der Waals surface area contributed by atoms with Crippen molar-refractivity contribution in [2.24, 2.45) is 0 Å². The highest BCUT2D eigenvalue weighted by Crippen LogP contribution is 2.22. The zero-order valence-electron chi connectivity index (χ0n) is 14.6. The van der Waals surface area contributed by atoms with Crippen molar-refractivity contribution >= 4 is 16.8 Å². The predicted octanol–water partition coefficient (Wildman–Crippen LogP) is 2.71. The molecule has 0 atom stereocenters. The summed E-state index contributed by atoms with van der Waals surface area (Å²) in [4.78, 5) is 20.4. The van der Waals surface area contributed by atoms with Crippen LogP contribution in [0.1, 0.15) is 28.9 Å². The van der Waals surface area contributed by atoms with Crippen molar-refractivity contribution in [1.29, 1.82) is 0 Å². The Morgan fingerprint density at radius 3 is 2.75 bits per heavy atom. The zero-order valence-corrected chi connectivity index (χ0v) is 14.6. The fourth-order valence-corrected chi connectivity index (χ4v) is 2.67. The van der Waals surface area contributed by atoms with Crippen molar-refractivity contribution in [3.05, 3.63) is 48.0 Å². The van der Waals surface area contributed by atoms with Crippen molar-refractivity contribution in [2.45, 2.75) is 31.6 Å². The van der Waals surface area contributed by atoms with Gasteiger partial charge < -0.3 is 10.1 Å². The summed E-state index contributed by atoms with van der Waals surface area (Å²) in [5.41, 5.74) is 1.68. The van der Waals surface area contributed by atoms with Crippen molar-refractivity contribution in [1.82, 2.24) is 25.1 Å². The molecule has 4 rings (SSSR count). The number of carbonyl (C=O) groups is 1. The van der Waals surface area contributed by atoms with Crippen LogP contribution in [0.3, 0.4) is 0 Å². The first-order chi connectivity index (χ1) is 13.4. The first-order valence-corrected chi connectivity index (χ1v) is 8.65. The quantitative estimate of drug-likeness (QED) is 0.699. The molecule has 0 bridgehead atoms. The molecule has 1 amide bonds. The highest BCUT2D eigenvalue weighted by Gasteiger charge is 2.28. The van der Waals surface area contributed by atoms with Crippen LogP contribution in [0.15, 0.2) is 36.8 Å². The molecule has 0 saturated heterocycles. The summed E-state index contributed by atoms with van der Waals surface area (Å²) in [6, 6.07) is 4.93. The molecule has 1 fully saturated rings. The molecule has 0 aromatic carbocycles. The van der Waals surface area contributed by atoms with Gasteiger partial charge in [-0.25, -0.2) is 4.98 Å². The van der Waals surface area contributed by atoms with E-state index in [9.17, 15) is 18.0 Å². The van der Waals surface area contributed by atoms with Crippen LogP contribution in [-0.2, 0) is 6.54 Å². The van der Waals surface area contributed by atoms with E-state index in [4.69, 9.17) is 0 Å². The molecule has 1 aliphatic carbocycles. The molecule has 0 unspecified atom stereocenters. The molecule has 0 aliphatic heterocycles. The molecule has 0 radical (unpaired) electrons. The van der Waals surface area contributed by atoms with E-state index in [0.717, 1.165) is 18.4 Å². The molecule has 3 aromatic rings. The van der Waals surface area contributed by atoms with Crippen LogP contribution in [0.5, 0.6) is 5.88 Å². The van der Waals surface area contributed by atoms with Gasteiger partial charge in [0.2, 0.25) is 5.88 Å². The van der Waals surface area contributed by atoms with Crippen molar-refractivity contribution < 1.29 is 22.7 Å². The second kappa shape index (κ2) is 7.10. The maximum Gasteiger partial charge on any atom is 0.422 e. The smallest absolute Gasteiger partial charge is 0.422 e. The standard InChI is InChI=1S/C18H16F3N5O2/c19-18(20,21)10-28-15-4-1-11(7-23-15)8-26-9-13-14(25-26)5-6-22-16(13)17(27)24-12-2-3-12/h1,4-7,9,12H,2-3,8,10H2,(H,24,27). The van der Waals surface area contributed by atoms with Gasteiger partial charge in [-0.15, -0.1) is 0 Å². The molecule has 1 aliphatic rings. The molecular formula is C18H16F3N5O2. The van der Waals surface area contributed by atoms with Gasteiger partial charge in [-0.3, -0.25) is 14.5 Å². The number of amides is 1. The molecule has 1 N–H and O–H groups in total. The number of carbonyl (C=O) groups excluding carboxylic acids is 1. The fraction of sp³-hybridized carbons (Fsp3) is 0.333. The lowest BCUT2D eigenvalue weighted by molar-refractivity contribution is -0.154. The number of hydrogen-bond acceptors (Lipinski definition) is 5. The number of ether oxygens (including phenoxy) is 1. The average molecular weight is 391 g/mol. The molecular weight excluding hydrogens is 375 g/mol. The number of rotatable bonds is 6. The van der Waals surface area contributed by atoms with Gasteiger partial charge in [0.05, 0.1) is 17.4 Å². The van der Waals surface area contributed by atoms with Crippen molar-refractivity contribution in [2.75, 3.05) is 6.61 Å². The van der Waals surface area contributed by atoms with E-state index in [2.05, 4.69) is 25.1 Å². The van der Waals surface area contributed by atoms with Crippen molar-refractivity contribution in [3.63, 3.8) is 0 Å². The Bertz CT molecular complexity index is 997. The Balaban J connectivity index is 1.48. The van der Waals surface area contributed by atoms with Crippen LogP contribution < -0.4 is 10.1 Å². The molecule has 3 heterocycles. The molecule has 7 nitrogen and oxygen atoms in total. The summed E-state index contributed by atoms with van der Waals surface area (Å²) >= 11 is 0. The Hall–Kier alpha value is -3.17. The molecule has 0 spiro atoms. The van der Waals surface area contributed by atoms with Crippen LogP contribution in [-0.4, -0.2) is 44.5 Å². The minimum absolute atomic E-state index is 0.102. The van der Waals surface area contributed by atoms with E-state index >= 15 is 0 Å². The van der Waals surface area contributed by atoms with E-state index in [-0.39, 0.29) is 17.8 Å². The van der Waals surface area contributed by atoms with Crippen LogP contribution >= 0.6 is 0 Å². The summed E-state index contributed by atoms with van der Waals surface area (Å²) in [7, 11) is 0. The molecule has 146 valence electrons. The normalized spacial score (nSPS) is 14.2. The second-order valence-electron chi connectivity index (χ2n) is 6.58. The van der Waals surface area contributed by atoms with Gasteiger partial charge in [0.15, 0.2) is 6.61 Å². The maximum absolute atomic E-state index is 12.3. The molecule has 1 saturated carbocycles. The largest absolute Gasteiger partial charge is 0.468 e. The topological polar surface area (TPSA) is 81.9 Å². The number of halogens is 3. The first kappa shape index (κ1) is 18.2. The van der Waals surface area contributed by atoms with Gasteiger partial charge in [-0.1, -0.05) is 6.07 Å². The van der Waals surface area contributed by atoms with Crippen LogP contribution in [0.4, 0.5) is 13.2 Å². The SMILES string of the molecule is O=C(NC1CC1)c1nccc2nn(Cc3ccc(OCC(F)(F)F)nc3)cc12. The van der Waals surface area contributed by atoms with Gasteiger partial charge in [0, 0.05) is 30.7 Å². The van der Waals surface area contributed by atoms with E-state index < -0.39 is 12.8 Å². The Morgan fingerprint density at radius 2 is 2.07 bits per heavy atom. The monoisotopic (exact) mass is 391 g/mol. The van der Waals surface area contributed by atoms with E-state index in [1.165, 1.54) is 18.5 Å². The number of alkyl halides is 3. The predicted molar refractivity (Wildman–Crippen MR) is 92.9 cm³/mol. The summed E-state index contributed by atoms with van der Waals surface area (Å²) in [6.45, 7) is -1.05. The lowest BCUT2D eigenvalue weighted by Crippen LogP contribution is -2.26. The highest BCUT2D eigenvalue weighted by molar-refractivity contribution is 6.04. The van der Waals surface area contributed by atoms with Crippen molar-refractivity contribution in [3.8, 4) is 5.88 Å². The summed E-state index contributed by atoms with van der Waals surface area (Å²) < 4.78 is 42.7. The fourth-order valence-electron chi connectivity index (χ4n) is 2.67. The van der Waals surface area contributed by atoms with E-state index in [1.807, 2.05) is 0 Å². The number of nitrogens with zero attached hydrogens (tertiary/aromatic N) is 4. The minimum atomic E-state index is -4.41. The lowest BCUT2D eigenvalue weighted by Gasteiger charge is -2.08. The maximum atomic E-state index is 12.3. The van der Waals surface area contributed by atoms with Crippen LogP contribution in [0.2, 0.25) is 0 Å². The summed E-state index contributed by atoms with van der Waals surface area (Å²) in [5.74, 6) is -0.324. The Morgan fingerprint density at radius 1 is 1.25 bits per heavy atom. The number of hydrogen-bond donors (Lipinski definition) is 1. The molecule has 28 heavy (non-hydrogen) atoms. The number of pyridine rings is 2. The average Bonchev–Trinajstić information content (AvgIpc) is 3.36. The summed E-state index contributed by atoms with van der Waals surface area (Å²) in [6.07, 6.45) is 2.24. The highest BCUT2D eigenvalue weighted by atomic mass is 19.4. The van der Waals surface area contributed by atoms with Gasteiger partial charge >= 0.3 is 6.18 Å².